The van der Waals surface area contributed by atoms with E-state index in [1.807, 2.05) is 59.8 Å². The van der Waals surface area contributed by atoms with Crippen molar-refractivity contribution >= 4 is 57.2 Å². The molecule has 0 aliphatic heterocycles. The number of pyridine rings is 1. The van der Waals surface area contributed by atoms with E-state index in [-0.39, 0.29) is 24.0 Å². The van der Waals surface area contributed by atoms with Gasteiger partial charge in [-0.1, -0.05) is 0 Å². The van der Waals surface area contributed by atoms with Crippen LogP contribution in [0.5, 0.6) is 0 Å². The van der Waals surface area contributed by atoms with E-state index in [2.05, 4.69) is 20.3 Å². The minimum atomic E-state index is 0. The van der Waals surface area contributed by atoms with Gasteiger partial charge in [-0.2, -0.15) is 14.6 Å². The van der Waals surface area contributed by atoms with Crippen molar-refractivity contribution in [2.24, 2.45) is 24.1 Å². The monoisotopic (exact) mass is 465 g/mol. The standard InChI is InChI=1S/C16H12N5S2.HI/c1-20-6-4-3-5-14(20)16-19-13-7-11(17-9-22)12(18-10-23)8-15(13)21(16)2;/h3-8H,1-2H3;1H/q+1;/p-1. The van der Waals surface area contributed by atoms with Gasteiger partial charge in [0.25, 0.3) is 0 Å². The second-order valence-electron chi connectivity index (χ2n) is 4.93. The Kier molecular flexibility index (Phi) is 6.04. The van der Waals surface area contributed by atoms with Crippen LogP contribution in [0.3, 0.4) is 0 Å². The van der Waals surface area contributed by atoms with Crippen LogP contribution in [0, 0.1) is 0 Å². The van der Waals surface area contributed by atoms with Crippen molar-refractivity contribution in [3.05, 3.63) is 36.5 Å². The summed E-state index contributed by atoms with van der Waals surface area (Å²) < 4.78 is 4.03. The van der Waals surface area contributed by atoms with Gasteiger partial charge in [0.1, 0.15) is 18.4 Å². The molecule has 0 saturated carbocycles. The Labute approximate surface area is 166 Å². The topological polar surface area (TPSA) is 46.4 Å². The van der Waals surface area contributed by atoms with Crippen molar-refractivity contribution < 1.29 is 28.5 Å². The van der Waals surface area contributed by atoms with Gasteiger partial charge in [0.05, 0.1) is 21.4 Å². The highest BCUT2D eigenvalue weighted by molar-refractivity contribution is 7.78. The van der Waals surface area contributed by atoms with E-state index in [9.17, 15) is 0 Å². The van der Waals surface area contributed by atoms with Crippen LogP contribution in [0.25, 0.3) is 22.6 Å². The summed E-state index contributed by atoms with van der Waals surface area (Å²) in [5.74, 6) is 0.851. The third kappa shape index (κ3) is 3.33. The Balaban J connectivity index is 0.00000208. The van der Waals surface area contributed by atoms with Crippen LogP contribution in [0.2, 0.25) is 0 Å². The maximum atomic E-state index is 4.72. The van der Waals surface area contributed by atoms with Crippen LogP contribution in [0.15, 0.2) is 46.5 Å². The van der Waals surface area contributed by atoms with E-state index in [1.165, 1.54) is 0 Å². The van der Waals surface area contributed by atoms with Crippen molar-refractivity contribution in [1.29, 1.82) is 0 Å². The first-order valence-electron chi connectivity index (χ1n) is 6.77. The van der Waals surface area contributed by atoms with Crippen molar-refractivity contribution in [1.82, 2.24) is 9.55 Å². The molecule has 0 spiro atoms. The quantitative estimate of drug-likeness (QED) is 0.246. The maximum absolute atomic E-state index is 4.72. The number of halogens is 1. The molecule has 2 heterocycles. The van der Waals surface area contributed by atoms with Gasteiger partial charge in [-0.3, -0.25) is 0 Å². The fraction of sp³-hybridized carbons (Fsp3) is 0.125. The summed E-state index contributed by atoms with van der Waals surface area (Å²) in [6.45, 7) is 0. The molecule has 0 fully saturated rings. The number of hydrogen-bond donors (Lipinski definition) is 0. The van der Waals surface area contributed by atoms with Crippen LogP contribution in [0.1, 0.15) is 0 Å². The Morgan fingerprint density at radius 2 is 1.79 bits per heavy atom. The molecule has 120 valence electrons. The number of fused-ring (bicyclic) bond motifs is 1. The molecule has 3 rings (SSSR count). The first-order valence-corrected chi connectivity index (χ1v) is 7.58. The van der Waals surface area contributed by atoms with Gasteiger partial charge < -0.3 is 28.5 Å². The fourth-order valence-electron chi connectivity index (χ4n) is 2.48. The summed E-state index contributed by atoms with van der Waals surface area (Å²) in [4.78, 5) is 12.8. The number of nitrogens with zero attached hydrogens (tertiary/aromatic N) is 5. The summed E-state index contributed by atoms with van der Waals surface area (Å²) in [6.07, 6.45) is 1.98. The van der Waals surface area contributed by atoms with Gasteiger partial charge in [-0.25, -0.2) is 4.98 Å². The van der Waals surface area contributed by atoms with E-state index in [0.29, 0.717) is 11.4 Å². The first-order chi connectivity index (χ1) is 11.2. The molecule has 0 radical (unpaired) electrons. The summed E-state index contributed by atoms with van der Waals surface area (Å²) in [7, 11) is 3.95. The molecular weight excluding hydrogens is 453 g/mol. The molecule has 24 heavy (non-hydrogen) atoms. The number of imidazole rings is 1. The molecule has 0 aliphatic carbocycles. The summed E-state index contributed by atoms with van der Waals surface area (Å²) in [5.41, 5.74) is 3.91. The lowest BCUT2D eigenvalue weighted by atomic mass is 10.2. The zero-order valence-corrected chi connectivity index (χ0v) is 16.7. The smallest absolute Gasteiger partial charge is 0.248 e. The predicted octanol–water partition coefficient (Wildman–Crippen LogP) is 0.537. The second kappa shape index (κ2) is 7.83. The molecule has 0 N–H and O–H groups in total. The van der Waals surface area contributed by atoms with Crippen LogP contribution in [-0.2, 0) is 14.1 Å². The van der Waals surface area contributed by atoms with Crippen molar-refractivity contribution in [3.63, 3.8) is 0 Å². The van der Waals surface area contributed by atoms with Gasteiger partial charge in [-0.15, -0.1) is 0 Å². The largest absolute Gasteiger partial charge is 1.00 e. The van der Waals surface area contributed by atoms with E-state index < -0.39 is 0 Å². The minimum absolute atomic E-state index is 0. The van der Waals surface area contributed by atoms with E-state index in [0.717, 1.165) is 22.6 Å². The summed E-state index contributed by atoms with van der Waals surface area (Å²) >= 11 is 9.39. The van der Waals surface area contributed by atoms with Crippen LogP contribution in [0.4, 0.5) is 11.4 Å². The highest BCUT2D eigenvalue weighted by atomic mass is 127. The summed E-state index contributed by atoms with van der Waals surface area (Å²) in [6, 6.07) is 9.68. The number of benzene rings is 1. The SMILES string of the molecule is Cn1c(-c2cccc[n+]2C)nc2cc(N=C=S)c(N=C=S)cc21.[I-]. The van der Waals surface area contributed by atoms with Gasteiger partial charge in [0.2, 0.25) is 11.5 Å². The third-order valence-corrected chi connectivity index (χ3v) is 3.78. The molecule has 2 aromatic heterocycles. The normalized spacial score (nSPS) is 9.75. The number of aromatic nitrogens is 3. The molecule has 5 nitrogen and oxygen atoms in total. The van der Waals surface area contributed by atoms with Crippen LogP contribution < -0.4 is 28.5 Å². The van der Waals surface area contributed by atoms with E-state index in [1.54, 1.807) is 0 Å². The summed E-state index contributed by atoms with van der Waals surface area (Å²) in [5, 5.41) is 4.72. The lowest BCUT2D eigenvalue weighted by molar-refractivity contribution is -0.660. The number of thiocarbonyl (C=S) groups is 2. The zero-order chi connectivity index (χ0) is 16.4. The molecule has 0 bridgehead atoms. The Morgan fingerprint density at radius 3 is 2.42 bits per heavy atom. The number of aryl methyl sites for hydroxylation is 2. The Bertz CT molecular complexity index is 1010. The van der Waals surface area contributed by atoms with E-state index in [4.69, 9.17) is 29.4 Å². The fourth-order valence-corrected chi connectivity index (χ4v) is 2.68. The average molecular weight is 465 g/mol. The molecule has 3 aromatic rings. The minimum Gasteiger partial charge on any atom is -1.00 e. The van der Waals surface area contributed by atoms with Crippen molar-refractivity contribution in [2.45, 2.75) is 0 Å². The molecule has 0 unspecified atom stereocenters. The lowest BCUT2D eigenvalue weighted by Gasteiger charge is -2.02. The van der Waals surface area contributed by atoms with Crippen LogP contribution >= 0.6 is 24.4 Å². The molecule has 1 aromatic carbocycles. The predicted molar refractivity (Wildman–Crippen MR) is 96.7 cm³/mol. The molecule has 8 heteroatoms. The maximum Gasteiger partial charge on any atom is 0.248 e. The first kappa shape index (κ1) is 18.5. The van der Waals surface area contributed by atoms with Crippen molar-refractivity contribution in [2.75, 3.05) is 0 Å². The van der Waals surface area contributed by atoms with Gasteiger partial charge >= 0.3 is 0 Å². The molecule has 0 aliphatic rings. The van der Waals surface area contributed by atoms with Crippen molar-refractivity contribution in [3.8, 4) is 11.5 Å². The zero-order valence-electron chi connectivity index (χ0n) is 12.9. The third-order valence-electron chi connectivity index (χ3n) is 3.59. The average Bonchev–Trinajstić information content (AvgIpc) is 2.85. The molecule has 0 atom stereocenters. The van der Waals surface area contributed by atoms with Gasteiger partial charge in [-0.05, 0) is 42.6 Å². The number of hydrogen-bond acceptors (Lipinski definition) is 5. The van der Waals surface area contributed by atoms with Gasteiger partial charge in [0, 0.05) is 19.2 Å². The van der Waals surface area contributed by atoms with Gasteiger partial charge in [0.15, 0.2) is 6.20 Å². The molecule has 0 amide bonds. The number of aliphatic imine (C=N–C) groups is 2. The molecule has 0 saturated heterocycles. The number of rotatable bonds is 3. The second-order valence-corrected chi connectivity index (χ2v) is 5.29. The molecular formula is C16H12IN5S2. The Morgan fingerprint density at radius 1 is 1.12 bits per heavy atom. The van der Waals surface area contributed by atoms with Crippen LogP contribution in [-0.4, -0.2) is 19.9 Å². The lowest BCUT2D eigenvalue weighted by Crippen LogP contribution is -3.00. The highest BCUT2D eigenvalue weighted by Crippen LogP contribution is 2.33. The Hall–Kier alpha value is -1.83. The number of isothiocyanates is 2. The highest BCUT2D eigenvalue weighted by Gasteiger charge is 2.18. The van der Waals surface area contributed by atoms with E-state index >= 15 is 0 Å².